The molecule has 0 radical (unpaired) electrons. The summed E-state index contributed by atoms with van der Waals surface area (Å²) in [5, 5.41) is 22.6. The van der Waals surface area contributed by atoms with Crippen molar-refractivity contribution < 1.29 is 24.7 Å². The van der Waals surface area contributed by atoms with Gasteiger partial charge in [0.15, 0.2) is 5.13 Å². The fraction of sp³-hybridized carbons (Fsp3) is 0.389. The van der Waals surface area contributed by atoms with E-state index in [4.69, 9.17) is 5.21 Å². The highest BCUT2D eigenvalue weighted by atomic mass is 32.1. The molecule has 0 atom stereocenters. The number of hydrogen-bond donors (Lipinski definition) is 4. The summed E-state index contributed by atoms with van der Waals surface area (Å²) in [5.74, 6) is -0.628. The van der Waals surface area contributed by atoms with Crippen LogP contribution in [-0.4, -0.2) is 44.7 Å². The fourth-order valence-corrected chi connectivity index (χ4v) is 3.31. The highest BCUT2D eigenvalue weighted by Crippen LogP contribution is 2.23. The van der Waals surface area contributed by atoms with Crippen LogP contribution >= 0.6 is 11.3 Å². The summed E-state index contributed by atoms with van der Waals surface area (Å²) in [4.78, 5) is 43.8. The molecule has 0 aliphatic heterocycles. The average molecular weight is 421 g/mol. The molecule has 29 heavy (non-hydrogen) atoms. The normalized spacial score (nSPS) is 10.4. The maximum Gasteiger partial charge on any atom is 0.413 e. The van der Waals surface area contributed by atoms with Gasteiger partial charge in [0.2, 0.25) is 11.8 Å². The lowest BCUT2D eigenvalue weighted by atomic mass is 10.2. The second kappa shape index (κ2) is 11.7. The Labute approximate surface area is 171 Å². The lowest BCUT2D eigenvalue weighted by Gasteiger charge is -2.15. The van der Waals surface area contributed by atoms with Gasteiger partial charge >= 0.3 is 6.09 Å². The Hall–Kier alpha value is -3.05. The van der Waals surface area contributed by atoms with Gasteiger partial charge in [-0.2, -0.15) is 0 Å². The predicted octanol–water partition coefficient (Wildman–Crippen LogP) is 1.95. The van der Waals surface area contributed by atoms with E-state index in [1.54, 1.807) is 35.4 Å². The van der Waals surface area contributed by atoms with E-state index in [9.17, 15) is 19.5 Å². The van der Waals surface area contributed by atoms with Gasteiger partial charge in [-0.25, -0.2) is 20.2 Å². The standard InChI is InChI=1S/C18H23N5O5S/c24-15(22-28)6-2-1-3-8-20-16(25)9-14-12-29-17(21-14)23(18(26)27)11-13-5-4-7-19-10-13/h4-5,7,10,12,28H,1-3,6,8-9,11H2,(H,20,25)(H,22,24)(H,26,27). The summed E-state index contributed by atoms with van der Waals surface area (Å²) in [6, 6.07) is 3.51. The first-order chi connectivity index (χ1) is 14.0. The molecule has 156 valence electrons. The first kappa shape index (κ1) is 22.2. The number of hydrogen-bond acceptors (Lipinski definition) is 7. The van der Waals surface area contributed by atoms with Crippen molar-refractivity contribution in [1.82, 2.24) is 20.8 Å². The number of anilines is 1. The van der Waals surface area contributed by atoms with Gasteiger partial charge in [-0.15, -0.1) is 11.3 Å². The second-order valence-corrected chi connectivity index (χ2v) is 7.06. The number of aromatic nitrogens is 2. The van der Waals surface area contributed by atoms with Gasteiger partial charge in [0.1, 0.15) is 0 Å². The molecule has 2 aromatic rings. The third-order valence-electron chi connectivity index (χ3n) is 3.93. The van der Waals surface area contributed by atoms with Crippen LogP contribution in [0.5, 0.6) is 0 Å². The Kier molecular flexibility index (Phi) is 8.99. The van der Waals surface area contributed by atoms with Gasteiger partial charge < -0.3 is 10.4 Å². The molecule has 4 N–H and O–H groups in total. The summed E-state index contributed by atoms with van der Waals surface area (Å²) in [5.41, 5.74) is 2.81. The predicted molar refractivity (Wildman–Crippen MR) is 106 cm³/mol. The molecule has 3 amide bonds. The zero-order chi connectivity index (χ0) is 21.1. The number of unbranched alkanes of at least 4 members (excludes halogenated alkanes) is 2. The molecule has 11 heteroatoms. The number of thiazole rings is 1. The first-order valence-corrected chi connectivity index (χ1v) is 9.91. The van der Waals surface area contributed by atoms with Crippen LogP contribution in [0.2, 0.25) is 0 Å². The molecule has 0 saturated carbocycles. The van der Waals surface area contributed by atoms with Crippen molar-refractivity contribution >= 4 is 34.4 Å². The molecule has 0 aliphatic carbocycles. The summed E-state index contributed by atoms with van der Waals surface area (Å²) in [6.45, 7) is 0.593. The van der Waals surface area contributed by atoms with Crippen molar-refractivity contribution in [2.24, 2.45) is 0 Å². The molecule has 0 saturated heterocycles. The number of hydroxylamine groups is 1. The minimum Gasteiger partial charge on any atom is -0.465 e. The summed E-state index contributed by atoms with van der Waals surface area (Å²) >= 11 is 1.16. The molecule has 0 spiro atoms. The van der Waals surface area contributed by atoms with Crippen LogP contribution in [0.3, 0.4) is 0 Å². The maximum absolute atomic E-state index is 12.0. The highest BCUT2D eigenvalue weighted by Gasteiger charge is 2.19. The SMILES string of the molecule is O=C(CCCCCNC(=O)Cc1csc(N(Cc2cccnc2)C(=O)O)n1)NO. The molecule has 0 unspecified atom stereocenters. The van der Waals surface area contributed by atoms with Crippen molar-refractivity contribution in [3.63, 3.8) is 0 Å². The smallest absolute Gasteiger partial charge is 0.413 e. The molecule has 2 rings (SSSR count). The van der Waals surface area contributed by atoms with Crippen molar-refractivity contribution in [3.8, 4) is 0 Å². The maximum atomic E-state index is 12.0. The fourth-order valence-electron chi connectivity index (χ4n) is 2.49. The second-order valence-electron chi connectivity index (χ2n) is 6.22. The monoisotopic (exact) mass is 421 g/mol. The minimum atomic E-state index is -1.13. The van der Waals surface area contributed by atoms with E-state index < -0.39 is 12.0 Å². The van der Waals surface area contributed by atoms with Crippen molar-refractivity contribution in [3.05, 3.63) is 41.2 Å². The Morgan fingerprint density at radius 1 is 1.17 bits per heavy atom. The lowest BCUT2D eigenvalue weighted by Crippen LogP contribution is -2.29. The van der Waals surface area contributed by atoms with Crippen LogP contribution in [0.25, 0.3) is 0 Å². The largest absolute Gasteiger partial charge is 0.465 e. The van der Waals surface area contributed by atoms with Crippen LogP contribution in [0, 0.1) is 0 Å². The number of pyridine rings is 1. The number of carboxylic acid groups (broad SMARTS) is 1. The van der Waals surface area contributed by atoms with Crippen molar-refractivity contribution in [1.29, 1.82) is 0 Å². The van der Waals surface area contributed by atoms with E-state index in [0.29, 0.717) is 30.2 Å². The molecule has 10 nitrogen and oxygen atoms in total. The van der Waals surface area contributed by atoms with Crippen molar-refractivity contribution in [2.45, 2.75) is 38.6 Å². The van der Waals surface area contributed by atoms with Gasteiger partial charge in [-0.1, -0.05) is 12.5 Å². The first-order valence-electron chi connectivity index (χ1n) is 9.03. The molecular formula is C18H23N5O5S. The summed E-state index contributed by atoms with van der Waals surface area (Å²) in [7, 11) is 0. The van der Waals surface area contributed by atoms with Gasteiger partial charge in [-0.3, -0.25) is 19.8 Å². The molecule has 2 heterocycles. The highest BCUT2D eigenvalue weighted by molar-refractivity contribution is 7.14. The minimum absolute atomic E-state index is 0.0593. The quantitative estimate of drug-likeness (QED) is 0.246. The zero-order valence-corrected chi connectivity index (χ0v) is 16.5. The van der Waals surface area contributed by atoms with E-state index in [1.807, 2.05) is 0 Å². The van der Waals surface area contributed by atoms with E-state index in [2.05, 4.69) is 15.3 Å². The number of rotatable bonds is 11. The number of carbonyl (C=O) groups is 3. The topological polar surface area (TPSA) is 145 Å². The lowest BCUT2D eigenvalue weighted by molar-refractivity contribution is -0.129. The van der Waals surface area contributed by atoms with Gasteiger partial charge in [0, 0.05) is 30.7 Å². The summed E-state index contributed by atoms with van der Waals surface area (Å²) in [6.07, 6.45) is 4.46. The Balaban J connectivity index is 1.78. The van der Waals surface area contributed by atoms with E-state index in [1.165, 1.54) is 0 Å². The Morgan fingerprint density at radius 3 is 2.69 bits per heavy atom. The summed E-state index contributed by atoms with van der Waals surface area (Å²) < 4.78 is 0. The van der Waals surface area contributed by atoms with E-state index in [-0.39, 0.29) is 25.3 Å². The molecular weight excluding hydrogens is 398 g/mol. The van der Waals surface area contributed by atoms with Crippen LogP contribution in [0.15, 0.2) is 29.9 Å². The molecule has 0 aromatic carbocycles. The third-order valence-corrected chi connectivity index (χ3v) is 4.85. The zero-order valence-electron chi connectivity index (χ0n) is 15.7. The van der Waals surface area contributed by atoms with Crippen LogP contribution in [-0.2, 0) is 22.6 Å². The van der Waals surface area contributed by atoms with Gasteiger partial charge in [0.05, 0.1) is 18.7 Å². The van der Waals surface area contributed by atoms with Crippen LogP contribution in [0.4, 0.5) is 9.93 Å². The number of nitrogens with zero attached hydrogens (tertiary/aromatic N) is 3. The Bertz CT molecular complexity index is 814. The number of amides is 3. The molecule has 0 fully saturated rings. The average Bonchev–Trinajstić information content (AvgIpc) is 3.16. The van der Waals surface area contributed by atoms with Crippen LogP contribution in [0.1, 0.15) is 36.9 Å². The number of carbonyl (C=O) groups excluding carboxylic acids is 2. The third kappa shape index (κ3) is 7.84. The molecule has 0 bridgehead atoms. The Morgan fingerprint density at radius 2 is 2.00 bits per heavy atom. The molecule has 2 aromatic heterocycles. The van der Waals surface area contributed by atoms with E-state index in [0.717, 1.165) is 28.2 Å². The molecule has 0 aliphatic rings. The van der Waals surface area contributed by atoms with E-state index >= 15 is 0 Å². The van der Waals surface area contributed by atoms with Gasteiger partial charge in [-0.05, 0) is 24.5 Å². The number of nitrogens with one attached hydrogen (secondary N) is 2. The van der Waals surface area contributed by atoms with Crippen molar-refractivity contribution in [2.75, 3.05) is 11.4 Å². The van der Waals surface area contributed by atoms with Gasteiger partial charge in [0.25, 0.3) is 0 Å². The van der Waals surface area contributed by atoms with Crippen LogP contribution < -0.4 is 15.7 Å².